The van der Waals surface area contributed by atoms with Gasteiger partial charge in [-0.3, -0.25) is 4.79 Å². The SMILES string of the molecule is CCC(N)(CCCC=O)C(=O)OCc1ccccc1. The molecule has 4 nitrogen and oxygen atoms in total. The Kier molecular flexibility index (Phi) is 6.22. The maximum atomic E-state index is 12.0. The zero-order chi connectivity index (χ0) is 14.1. The Labute approximate surface area is 113 Å². The number of esters is 1. The molecule has 1 aromatic carbocycles. The van der Waals surface area contributed by atoms with E-state index in [0.29, 0.717) is 25.7 Å². The molecule has 0 aromatic heterocycles. The number of carbonyl (C=O) groups excluding carboxylic acids is 2. The maximum absolute atomic E-state index is 12.0. The molecule has 1 atom stereocenters. The van der Waals surface area contributed by atoms with Crippen molar-refractivity contribution < 1.29 is 14.3 Å². The van der Waals surface area contributed by atoms with E-state index in [2.05, 4.69) is 0 Å². The third kappa shape index (κ3) is 4.83. The molecule has 1 rings (SSSR count). The monoisotopic (exact) mass is 263 g/mol. The van der Waals surface area contributed by atoms with Gasteiger partial charge in [0.25, 0.3) is 0 Å². The second-order valence-corrected chi connectivity index (χ2v) is 4.63. The predicted octanol–water partition coefficient (Wildman–Crippen LogP) is 2.21. The smallest absolute Gasteiger partial charge is 0.326 e. The number of rotatable bonds is 8. The summed E-state index contributed by atoms with van der Waals surface area (Å²) < 4.78 is 5.26. The summed E-state index contributed by atoms with van der Waals surface area (Å²) in [5.41, 5.74) is 6.00. The van der Waals surface area contributed by atoms with Crippen molar-refractivity contribution in [2.45, 2.75) is 44.8 Å². The van der Waals surface area contributed by atoms with Crippen molar-refractivity contribution in [2.75, 3.05) is 0 Å². The van der Waals surface area contributed by atoms with Crippen LogP contribution in [0, 0.1) is 0 Å². The van der Waals surface area contributed by atoms with Gasteiger partial charge in [-0.1, -0.05) is 37.3 Å². The van der Waals surface area contributed by atoms with Crippen molar-refractivity contribution in [2.24, 2.45) is 5.73 Å². The van der Waals surface area contributed by atoms with Crippen molar-refractivity contribution in [1.29, 1.82) is 0 Å². The van der Waals surface area contributed by atoms with E-state index in [-0.39, 0.29) is 6.61 Å². The van der Waals surface area contributed by atoms with Crippen LogP contribution in [0.3, 0.4) is 0 Å². The van der Waals surface area contributed by atoms with E-state index in [9.17, 15) is 9.59 Å². The van der Waals surface area contributed by atoms with Crippen LogP contribution >= 0.6 is 0 Å². The maximum Gasteiger partial charge on any atom is 0.326 e. The Morgan fingerprint density at radius 3 is 2.63 bits per heavy atom. The van der Waals surface area contributed by atoms with Gasteiger partial charge in [0.05, 0.1) is 0 Å². The average molecular weight is 263 g/mol. The zero-order valence-corrected chi connectivity index (χ0v) is 11.3. The molecule has 0 aliphatic heterocycles. The minimum absolute atomic E-state index is 0.228. The summed E-state index contributed by atoms with van der Waals surface area (Å²) in [6.45, 7) is 2.08. The van der Waals surface area contributed by atoms with Crippen molar-refractivity contribution in [3.63, 3.8) is 0 Å². The van der Waals surface area contributed by atoms with E-state index in [4.69, 9.17) is 10.5 Å². The standard InChI is InChI=1S/C15H21NO3/c1-2-15(16,10-6-7-11-17)14(18)19-12-13-8-4-3-5-9-13/h3-5,8-9,11H,2,6-7,10,12,16H2,1H3. The molecule has 2 N–H and O–H groups in total. The van der Waals surface area contributed by atoms with Gasteiger partial charge in [0.1, 0.15) is 18.4 Å². The van der Waals surface area contributed by atoms with Crippen LogP contribution in [0.2, 0.25) is 0 Å². The molecule has 0 bridgehead atoms. The first-order valence-electron chi connectivity index (χ1n) is 6.56. The predicted molar refractivity (Wildman–Crippen MR) is 73.4 cm³/mol. The molecule has 0 saturated heterocycles. The van der Waals surface area contributed by atoms with Crippen molar-refractivity contribution in [3.05, 3.63) is 35.9 Å². The molecule has 0 fully saturated rings. The number of nitrogens with two attached hydrogens (primary N) is 1. The first-order valence-corrected chi connectivity index (χ1v) is 6.56. The molecular weight excluding hydrogens is 242 g/mol. The number of aldehydes is 1. The molecule has 0 aliphatic carbocycles. The minimum Gasteiger partial charge on any atom is -0.459 e. The molecule has 0 aliphatic rings. The second-order valence-electron chi connectivity index (χ2n) is 4.63. The number of carbonyl (C=O) groups is 2. The molecule has 4 heteroatoms. The van der Waals surface area contributed by atoms with Crippen LogP contribution in [0.1, 0.15) is 38.2 Å². The minimum atomic E-state index is -0.988. The number of hydrogen-bond acceptors (Lipinski definition) is 4. The normalized spacial score (nSPS) is 13.6. The molecule has 0 amide bonds. The van der Waals surface area contributed by atoms with E-state index in [1.807, 2.05) is 37.3 Å². The molecule has 1 unspecified atom stereocenters. The number of hydrogen-bond donors (Lipinski definition) is 1. The van der Waals surface area contributed by atoms with Gasteiger partial charge in [-0.25, -0.2) is 0 Å². The van der Waals surface area contributed by atoms with Gasteiger partial charge >= 0.3 is 5.97 Å². The van der Waals surface area contributed by atoms with Crippen LogP contribution in [0.25, 0.3) is 0 Å². The quantitative estimate of drug-likeness (QED) is 0.443. The largest absolute Gasteiger partial charge is 0.459 e. The summed E-state index contributed by atoms with van der Waals surface area (Å²) in [5.74, 6) is -0.398. The summed E-state index contributed by atoms with van der Waals surface area (Å²) >= 11 is 0. The lowest BCUT2D eigenvalue weighted by Gasteiger charge is -2.25. The van der Waals surface area contributed by atoms with Crippen LogP contribution < -0.4 is 5.73 Å². The molecule has 0 saturated carbocycles. The Balaban J connectivity index is 2.51. The van der Waals surface area contributed by atoms with Gasteiger partial charge in [-0.2, -0.15) is 0 Å². The van der Waals surface area contributed by atoms with Crippen molar-refractivity contribution in [1.82, 2.24) is 0 Å². The summed E-state index contributed by atoms with van der Waals surface area (Å²) in [5, 5.41) is 0. The lowest BCUT2D eigenvalue weighted by atomic mass is 9.91. The van der Waals surface area contributed by atoms with Crippen LogP contribution in [-0.4, -0.2) is 17.8 Å². The van der Waals surface area contributed by atoms with E-state index >= 15 is 0 Å². The highest BCUT2D eigenvalue weighted by Crippen LogP contribution is 2.18. The molecule has 0 spiro atoms. The lowest BCUT2D eigenvalue weighted by Crippen LogP contribution is -2.48. The Morgan fingerprint density at radius 2 is 2.05 bits per heavy atom. The number of ether oxygens (including phenoxy) is 1. The molecule has 0 radical (unpaired) electrons. The van der Waals surface area contributed by atoms with E-state index in [1.165, 1.54) is 0 Å². The number of unbranched alkanes of at least 4 members (excludes halogenated alkanes) is 1. The third-order valence-electron chi connectivity index (χ3n) is 3.20. The summed E-state index contributed by atoms with van der Waals surface area (Å²) in [6, 6.07) is 9.48. The van der Waals surface area contributed by atoms with Gasteiger partial charge in [0, 0.05) is 6.42 Å². The number of benzene rings is 1. The summed E-state index contributed by atoms with van der Waals surface area (Å²) in [7, 11) is 0. The van der Waals surface area contributed by atoms with Crippen LogP contribution in [-0.2, 0) is 20.9 Å². The van der Waals surface area contributed by atoms with E-state index < -0.39 is 11.5 Å². The fourth-order valence-corrected chi connectivity index (χ4v) is 1.79. The third-order valence-corrected chi connectivity index (χ3v) is 3.20. The highest BCUT2D eigenvalue weighted by Gasteiger charge is 2.33. The van der Waals surface area contributed by atoms with E-state index in [1.54, 1.807) is 0 Å². The Morgan fingerprint density at radius 1 is 1.37 bits per heavy atom. The fourth-order valence-electron chi connectivity index (χ4n) is 1.79. The molecule has 104 valence electrons. The van der Waals surface area contributed by atoms with Gasteiger partial charge in [-0.05, 0) is 24.8 Å². The Bertz CT molecular complexity index is 405. The molecule has 0 heterocycles. The van der Waals surface area contributed by atoms with Gasteiger partial charge in [-0.15, -0.1) is 0 Å². The highest BCUT2D eigenvalue weighted by atomic mass is 16.5. The Hall–Kier alpha value is -1.68. The first-order chi connectivity index (χ1) is 9.12. The highest BCUT2D eigenvalue weighted by molar-refractivity contribution is 5.80. The van der Waals surface area contributed by atoms with Crippen molar-refractivity contribution in [3.8, 4) is 0 Å². The second kappa shape index (κ2) is 7.69. The topological polar surface area (TPSA) is 69.4 Å². The van der Waals surface area contributed by atoms with Crippen LogP contribution in [0.15, 0.2) is 30.3 Å². The molecule has 1 aromatic rings. The van der Waals surface area contributed by atoms with Gasteiger partial charge < -0.3 is 15.3 Å². The summed E-state index contributed by atoms with van der Waals surface area (Å²) in [6.07, 6.45) is 2.83. The lowest BCUT2D eigenvalue weighted by molar-refractivity contribution is -0.152. The molecular formula is C15H21NO3. The summed E-state index contributed by atoms with van der Waals surface area (Å²) in [4.78, 5) is 22.3. The van der Waals surface area contributed by atoms with E-state index in [0.717, 1.165) is 11.8 Å². The van der Waals surface area contributed by atoms with Gasteiger partial charge in [0.15, 0.2) is 0 Å². The zero-order valence-electron chi connectivity index (χ0n) is 11.3. The first kappa shape index (κ1) is 15.4. The fraction of sp³-hybridized carbons (Fsp3) is 0.467. The van der Waals surface area contributed by atoms with Gasteiger partial charge in [0.2, 0.25) is 0 Å². The average Bonchev–Trinajstić information content (AvgIpc) is 2.45. The van der Waals surface area contributed by atoms with Crippen molar-refractivity contribution >= 4 is 12.3 Å². The van der Waals surface area contributed by atoms with Crippen LogP contribution in [0.5, 0.6) is 0 Å². The van der Waals surface area contributed by atoms with Crippen LogP contribution in [0.4, 0.5) is 0 Å². The molecule has 19 heavy (non-hydrogen) atoms.